The molecule has 0 aliphatic carbocycles. The molecule has 0 saturated carbocycles. The molecule has 6 nitrogen and oxygen atoms in total. The fourth-order valence-corrected chi connectivity index (χ4v) is 3.12. The van der Waals surface area contributed by atoms with Crippen LogP contribution in [0.3, 0.4) is 0 Å². The number of hydrogen-bond donors (Lipinski definition) is 1. The van der Waals surface area contributed by atoms with Crippen LogP contribution in [0.1, 0.15) is 19.3 Å². The van der Waals surface area contributed by atoms with E-state index in [0.29, 0.717) is 12.6 Å². The standard InChI is InChI=1S/C19H26N4O2/c1-24-17-7-9-18(10-8-17)25-14-4-11-20-15-16-5-3-13-23(16)19-6-2-12-21-22-19/h2,6-10,12,16,20H,3-5,11,13-15H2,1H3/t16-/m1/s1. The summed E-state index contributed by atoms with van der Waals surface area (Å²) in [4.78, 5) is 2.36. The van der Waals surface area contributed by atoms with E-state index in [1.54, 1.807) is 13.3 Å². The van der Waals surface area contributed by atoms with E-state index in [-0.39, 0.29) is 0 Å². The van der Waals surface area contributed by atoms with Gasteiger partial charge in [0.15, 0.2) is 5.82 Å². The fraction of sp³-hybridized carbons (Fsp3) is 0.474. The molecule has 3 rings (SSSR count). The van der Waals surface area contributed by atoms with Gasteiger partial charge in [0, 0.05) is 25.3 Å². The molecule has 0 radical (unpaired) electrons. The van der Waals surface area contributed by atoms with Crippen LogP contribution in [0, 0.1) is 0 Å². The van der Waals surface area contributed by atoms with Crippen molar-refractivity contribution in [2.75, 3.05) is 38.3 Å². The molecule has 0 spiro atoms. The van der Waals surface area contributed by atoms with Gasteiger partial charge in [-0.15, -0.1) is 5.10 Å². The Morgan fingerprint density at radius 1 is 1.20 bits per heavy atom. The largest absolute Gasteiger partial charge is 0.497 e. The summed E-state index contributed by atoms with van der Waals surface area (Å²) in [5.74, 6) is 2.71. The maximum absolute atomic E-state index is 5.74. The molecule has 6 heteroatoms. The zero-order valence-electron chi connectivity index (χ0n) is 14.7. The summed E-state index contributed by atoms with van der Waals surface area (Å²) < 4.78 is 10.9. The average Bonchev–Trinajstić information content (AvgIpc) is 3.14. The second kappa shape index (κ2) is 9.22. The first-order chi connectivity index (χ1) is 12.4. The summed E-state index contributed by atoms with van der Waals surface area (Å²) in [6.45, 7) is 3.68. The van der Waals surface area contributed by atoms with Gasteiger partial charge in [-0.3, -0.25) is 0 Å². The smallest absolute Gasteiger partial charge is 0.151 e. The van der Waals surface area contributed by atoms with E-state index >= 15 is 0 Å². The van der Waals surface area contributed by atoms with E-state index in [9.17, 15) is 0 Å². The zero-order chi connectivity index (χ0) is 17.3. The minimum Gasteiger partial charge on any atom is -0.497 e. The highest BCUT2D eigenvalue weighted by Crippen LogP contribution is 2.22. The van der Waals surface area contributed by atoms with Gasteiger partial charge in [0.1, 0.15) is 11.5 Å². The van der Waals surface area contributed by atoms with Crippen molar-refractivity contribution in [2.24, 2.45) is 0 Å². The summed E-state index contributed by atoms with van der Waals surface area (Å²) in [6.07, 6.45) is 5.11. The molecule has 2 aromatic rings. The first-order valence-corrected chi connectivity index (χ1v) is 8.89. The second-order valence-corrected chi connectivity index (χ2v) is 6.15. The van der Waals surface area contributed by atoms with Crippen molar-refractivity contribution in [3.05, 3.63) is 42.6 Å². The molecule has 1 aromatic heterocycles. The molecule has 0 amide bonds. The van der Waals surface area contributed by atoms with E-state index in [1.165, 1.54) is 12.8 Å². The third kappa shape index (κ3) is 5.06. The van der Waals surface area contributed by atoms with Crippen molar-refractivity contribution in [3.8, 4) is 11.5 Å². The van der Waals surface area contributed by atoms with Crippen molar-refractivity contribution in [1.82, 2.24) is 15.5 Å². The number of benzene rings is 1. The van der Waals surface area contributed by atoms with Crippen LogP contribution in [-0.2, 0) is 0 Å². The molecule has 1 aromatic carbocycles. The maximum Gasteiger partial charge on any atom is 0.151 e. The summed E-state index contributed by atoms with van der Waals surface area (Å²) in [7, 11) is 1.66. The summed E-state index contributed by atoms with van der Waals surface area (Å²) >= 11 is 0. The molecule has 1 saturated heterocycles. The molecule has 1 atom stereocenters. The topological polar surface area (TPSA) is 59.5 Å². The van der Waals surface area contributed by atoms with Crippen LogP contribution < -0.4 is 19.7 Å². The van der Waals surface area contributed by atoms with E-state index in [2.05, 4.69) is 20.4 Å². The highest BCUT2D eigenvalue weighted by atomic mass is 16.5. The van der Waals surface area contributed by atoms with Crippen LogP contribution in [0.15, 0.2) is 42.6 Å². The molecular weight excluding hydrogens is 316 g/mol. The number of anilines is 1. The van der Waals surface area contributed by atoms with Gasteiger partial charge in [-0.05, 0) is 62.2 Å². The number of nitrogens with zero attached hydrogens (tertiary/aromatic N) is 3. The van der Waals surface area contributed by atoms with Crippen LogP contribution in [0.25, 0.3) is 0 Å². The molecule has 1 aliphatic rings. The minimum absolute atomic E-state index is 0.499. The number of ether oxygens (including phenoxy) is 2. The van der Waals surface area contributed by atoms with Crippen molar-refractivity contribution in [3.63, 3.8) is 0 Å². The Kier molecular flexibility index (Phi) is 6.45. The van der Waals surface area contributed by atoms with E-state index < -0.39 is 0 Å². The van der Waals surface area contributed by atoms with Crippen LogP contribution in [0.5, 0.6) is 11.5 Å². The molecule has 1 fully saturated rings. The lowest BCUT2D eigenvalue weighted by Crippen LogP contribution is -2.39. The quantitative estimate of drug-likeness (QED) is 0.707. The predicted molar refractivity (Wildman–Crippen MR) is 98.4 cm³/mol. The molecule has 2 heterocycles. The fourth-order valence-electron chi connectivity index (χ4n) is 3.12. The highest BCUT2D eigenvalue weighted by molar-refractivity contribution is 5.39. The van der Waals surface area contributed by atoms with Crippen LogP contribution in [-0.4, -0.2) is 49.6 Å². The Morgan fingerprint density at radius 2 is 2.04 bits per heavy atom. The normalized spacial score (nSPS) is 16.8. The first kappa shape index (κ1) is 17.5. The van der Waals surface area contributed by atoms with E-state index in [1.807, 2.05) is 36.4 Å². The lowest BCUT2D eigenvalue weighted by molar-refractivity contribution is 0.307. The third-order valence-electron chi connectivity index (χ3n) is 4.44. The minimum atomic E-state index is 0.499. The van der Waals surface area contributed by atoms with Gasteiger partial charge in [0.2, 0.25) is 0 Å². The van der Waals surface area contributed by atoms with Gasteiger partial charge in [-0.2, -0.15) is 5.10 Å². The molecule has 25 heavy (non-hydrogen) atoms. The predicted octanol–water partition coefficient (Wildman–Crippen LogP) is 2.51. The van der Waals surface area contributed by atoms with Crippen molar-refractivity contribution in [2.45, 2.75) is 25.3 Å². The van der Waals surface area contributed by atoms with Gasteiger partial charge in [-0.25, -0.2) is 0 Å². The van der Waals surface area contributed by atoms with Crippen molar-refractivity contribution < 1.29 is 9.47 Å². The summed E-state index contributed by atoms with van der Waals surface area (Å²) in [5.41, 5.74) is 0. The monoisotopic (exact) mass is 342 g/mol. The third-order valence-corrected chi connectivity index (χ3v) is 4.44. The Bertz CT molecular complexity index is 621. The Balaban J connectivity index is 1.33. The molecule has 1 N–H and O–H groups in total. The lowest BCUT2D eigenvalue weighted by Gasteiger charge is -2.25. The summed E-state index contributed by atoms with van der Waals surface area (Å²) in [6, 6.07) is 12.2. The van der Waals surface area contributed by atoms with Crippen molar-refractivity contribution in [1.29, 1.82) is 0 Å². The maximum atomic E-state index is 5.74. The lowest BCUT2D eigenvalue weighted by atomic mass is 10.2. The summed E-state index contributed by atoms with van der Waals surface area (Å²) in [5, 5.41) is 11.8. The van der Waals surface area contributed by atoms with E-state index in [0.717, 1.165) is 43.4 Å². The number of rotatable bonds is 9. The highest BCUT2D eigenvalue weighted by Gasteiger charge is 2.25. The molecule has 0 unspecified atom stereocenters. The molecule has 134 valence electrons. The van der Waals surface area contributed by atoms with Gasteiger partial charge in [0.05, 0.1) is 13.7 Å². The zero-order valence-corrected chi connectivity index (χ0v) is 14.7. The Morgan fingerprint density at radius 3 is 2.80 bits per heavy atom. The molecule has 0 bridgehead atoms. The molecular formula is C19H26N4O2. The first-order valence-electron chi connectivity index (χ1n) is 8.89. The number of nitrogens with one attached hydrogen (secondary N) is 1. The average molecular weight is 342 g/mol. The van der Waals surface area contributed by atoms with Gasteiger partial charge < -0.3 is 19.7 Å². The Labute approximate surface area is 149 Å². The van der Waals surface area contributed by atoms with Crippen LogP contribution in [0.2, 0.25) is 0 Å². The number of methoxy groups -OCH3 is 1. The van der Waals surface area contributed by atoms with Crippen LogP contribution in [0.4, 0.5) is 5.82 Å². The van der Waals surface area contributed by atoms with E-state index in [4.69, 9.17) is 9.47 Å². The SMILES string of the molecule is COc1ccc(OCCCNC[C@H]2CCCN2c2cccnn2)cc1. The second-order valence-electron chi connectivity index (χ2n) is 6.15. The number of hydrogen-bond acceptors (Lipinski definition) is 6. The van der Waals surface area contributed by atoms with Gasteiger partial charge >= 0.3 is 0 Å². The molecule has 1 aliphatic heterocycles. The van der Waals surface area contributed by atoms with Gasteiger partial charge in [0.25, 0.3) is 0 Å². The van der Waals surface area contributed by atoms with Crippen LogP contribution >= 0.6 is 0 Å². The Hall–Kier alpha value is -2.34. The van der Waals surface area contributed by atoms with Crippen molar-refractivity contribution >= 4 is 5.82 Å². The van der Waals surface area contributed by atoms with Gasteiger partial charge in [-0.1, -0.05) is 0 Å². The number of aromatic nitrogens is 2.